The van der Waals surface area contributed by atoms with Crippen molar-refractivity contribution in [2.24, 2.45) is 0 Å². The molecule has 0 aliphatic rings. The zero-order valence-corrected chi connectivity index (χ0v) is 12.5. The Morgan fingerprint density at radius 1 is 1.05 bits per heavy atom. The third kappa shape index (κ3) is 5.85. The molecule has 116 valence electrons. The molecular weight excluding hydrogens is 280 g/mol. The molecule has 0 spiro atoms. The molecule has 0 aliphatic heterocycles. The van der Waals surface area contributed by atoms with Gasteiger partial charge < -0.3 is 10.1 Å². The third-order valence-electron chi connectivity index (χ3n) is 2.92. The maximum atomic E-state index is 11.5. The van der Waals surface area contributed by atoms with E-state index in [1.165, 1.54) is 5.56 Å². The smallest absolute Gasteiger partial charge is 0.338 e. The van der Waals surface area contributed by atoms with E-state index in [9.17, 15) is 4.79 Å². The van der Waals surface area contributed by atoms with Crippen LogP contribution in [0.5, 0.6) is 5.75 Å². The second-order valence-corrected chi connectivity index (χ2v) is 4.79. The summed E-state index contributed by atoms with van der Waals surface area (Å²) in [5.41, 5.74) is 4.50. The lowest BCUT2D eigenvalue weighted by atomic mass is 10.2. The van der Waals surface area contributed by atoms with Crippen LogP contribution in [0.1, 0.15) is 11.1 Å². The zero-order chi connectivity index (χ0) is 15.6. The van der Waals surface area contributed by atoms with E-state index in [1.54, 1.807) is 0 Å². The molecule has 0 saturated carbocycles. The van der Waals surface area contributed by atoms with Crippen LogP contribution >= 0.6 is 0 Å². The molecule has 0 bridgehead atoms. The summed E-state index contributed by atoms with van der Waals surface area (Å²) in [6, 6.07) is 17.0. The molecule has 0 saturated heterocycles. The van der Waals surface area contributed by atoms with Crippen molar-refractivity contribution in [3.05, 3.63) is 65.7 Å². The largest absolute Gasteiger partial charge is 0.492 e. The molecule has 0 aliphatic carbocycles. The first-order chi connectivity index (χ1) is 10.7. The van der Waals surface area contributed by atoms with Crippen LogP contribution in [0.4, 0.5) is 4.79 Å². The monoisotopic (exact) mass is 300 g/mol. The Kier molecular flexibility index (Phi) is 6.26. The van der Waals surface area contributed by atoms with Crippen LogP contribution in [0, 0.1) is 6.92 Å². The number of carbonyl (C=O) groups is 1. The molecule has 2 aromatic carbocycles. The highest BCUT2D eigenvalue weighted by Gasteiger charge is 2.00. The fourth-order valence-electron chi connectivity index (χ4n) is 1.76. The minimum atomic E-state index is -0.386. The highest BCUT2D eigenvalue weighted by Crippen LogP contribution is 2.10. The van der Waals surface area contributed by atoms with Crippen molar-refractivity contribution < 1.29 is 14.4 Å². The van der Waals surface area contributed by atoms with Gasteiger partial charge in [0.1, 0.15) is 12.4 Å². The molecule has 5 nitrogen and oxygen atoms in total. The fraction of sp³-hybridized carbons (Fsp3) is 0.235. The number of benzene rings is 2. The van der Waals surface area contributed by atoms with Gasteiger partial charge in [-0.2, -0.15) is 0 Å². The molecular formula is C17H20N2O3. The topological polar surface area (TPSA) is 59.6 Å². The molecule has 2 rings (SSSR count). The van der Waals surface area contributed by atoms with Crippen LogP contribution in [0.15, 0.2) is 54.6 Å². The Morgan fingerprint density at radius 2 is 1.77 bits per heavy atom. The highest BCUT2D eigenvalue weighted by molar-refractivity contribution is 5.72. The molecule has 5 heteroatoms. The highest BCUT2D eigenvalue weighted by atomic mass is 16.7. The molecule has 2 N–H and O–H groups in total. The Bertz CT molecular complexity index is 570. The van der Waals surface area contributed by atoms with E-state index in [0.717, 1.165) is 11.3 Å². The van der Waals surface area contributed by atoms with Gasteiger partial charge in [0.15, 0.2) is 0 Å². The summed E-state index contributed by atoms with van der Waals surface area (Å²) in [6.07, 6.45) is 0. The second kappa shape index (κ2) is 8.69. The number of amides is 2. The SMILES string of the molecule is Cc1ccc(OCCNC(=O)NOCc2ccccc2)cc1. The quantitative estimate of drug-likeness (QED) is 0.610. The van der Waals surface area contributed by atoms with Crippen LogP contribution < -0.4 is 15.5 Å². The predicted molar refractivity (Wildman–Crippen MR) is 84.4 cm³/mol. The van der Waals surface area contributed by atoms with Crippen molar-refractivity contribution in [2.45, 2.75) is 13.5 Å². The van der Waals surface area contributed by atoms with E-state index in [1.807, 2.05) is 61.5 Å². The van der Waals surface area contributed by atoms with E-state index < -0.39 is 0 Å². The Hall–Kier alpha value is -2.53. The molecule has 0 atom stereocenters. The van der Waals surface area contributed by atoms with Gasteiger partial charge in [-0.3, -0.25) is 4.84 Å². The van der Waals surface area contributed by atoms with E-state index in [4.69, 9.17) is 9.57 Å². The summed E-state index contributed by atoms with van der Waals surface area (Å²) in [4.78, 5) is 16.6. The molecule has 2 amide bonds. The van der Waals surface area contributed by atoms with Crippen molar-refractivity contribution in [3.8, 4) is 5.75 Å². The lowest BCUT2D eigenvalue weighted by molar-refractivity contribution is 0.0488. The number of hydroxylamine groups is 1. The Labute approximate surface area is 130 Å². The third-order valence-corrected chi connectivity index (χ3v) is 2.92. The maximum absolute atomic E-state index is 11.5. The predicted octanol–water partition coefficient (Wildman–Crippen LogP) is 2.80. The van der Waals surface area contributed by atoms with E-state index >= 15 is 0 Å². The first-order valence-electron chi connectivity index (χ1n) is 7.13. The molecule has 0 radical (unpaired) electrons. The van der Waals surface area contributed by atoms with Crippen molar-refractivity contribution in [1.82, 2.24) is 10.8 Å². The van der Waals surface area contributed by atoms with Gasteiger partial charge in [0.2, 0.25) is 0 Å². The van der Waals surface area contributed by atoms with Gasteiger partial charge in [-0.15, -0.1) is 0 Å². The van der Waals surface area contributed by atoms with Crippen LogP contribution in [0.3, 0.4) is 0 Å². The normalized spacial score (nSPS) is 10.0. The molecule has 0 aromatic heterocycles. The summed E-state index contributed by atoms with van der Waals surface area (Å²) in [7, 11) is 0. The van der Waals surface area contributed by atoms with Gasteiger partial charge in [-0.1, -0.05) is 48.0 Å². The van der Waals surface area contributed by atoms with Crippen LogP contribution in [0.25, 0.3) is 0 Å². The number of rotatable bonds is 7. The van der Waals surface area contributed by atoms with Crippen molar-refractivity contribution in [2.75, 3.05) is 13.2 Å². The fourth-order valence-corrected chi connectivity index (χ4v) is 1.76. The summed E-state index contributed by atoms with van der Waals surface area (Å²) in [6.45, 7) is 3.14. The van der Waals surface area contributed by atoms with Gasteiger partial charge >= 0.3 is 6.03 Å². The summed E-state index contributed by atoms with van der Waals surface area (Å²) in [5, 5.41) is 2.65. The van der Waals surface area contributed by atoms with Gasteiger partial charge in [0.05, 0.1) is 13.2 Å². The zero-order valence-electron chi connectivity index (χ0n) is 12.5. The average molecular weight is 300 g/mol. The number of urea groups is 1. The number of hydrogen-bond donors (Lipinski definition) is 2. The number of nitrogens with one attached hydrogen (secondary N) is 2. The van der Waals surface area contributed by atoms with Crippen LogP contribution in [0.2, 0.25) is 0 Å². The number of aryl methyl sites for hydroxylation is 1. The summed E-state index contributed by atoms with van der Waals surface area (Å²) < 4.78 is 5.50. The Morgan fingerprint density at radius 3 is 2.50 bits per heavy atom. The minimum Gasteiger partial charge on any atom is -0.492 e. The minimum absolute atomic E-state index is 0.328. The molecule has 2 aromatic rings. The van der Waals surface area contributed by atoms with Crippen molar-refractivity contribution in [1.29, 1.82) is 0 Å². The van der Waals surface area contributed by atoms with Crippen LogP contribution in [-0.4, -0.2) is 19.2 Å². The standard InChI is InChI=1S/C17H20N2O3/c1-14-7-9-16(10-8-14)21-12-11-18-17(20)19-22-13-15-5-3-2-4-6-15/h2-10H,11-13H2,1H3,(H2,18,19,20). The van der Waals surface area contributed by atoms with E-state index in [2.05, 4.69) is 10.8 Å². The van der Waals surface area contributed by atoms with Crippen molar-refractivity contribution >= 4 is 6.03 Å². The molecule has 22 heavy (non-hydrogen) atoms. The van der Waals surface area contributed by atoms with Gasteiger partial charge in [0, 0.05) is 0 Å². The summed E-state index contributed by atoms with van der Waals surface area (Å²) >= 11 is 0. The van der Waals surface area contributed by atoms with E-state index in [0.29, 0.717) is 19.8 Å². The first-order valence-corrected chi connectivity index (χ1v) is 7.13. The van der Waals surface area contributed by atoms with Gasteiger partial charge in [-0.25, -0.2) is 10.3 Å². The molecule has 0 unspecified atom stereocenters. The summed E-state index contributed by atoms with van der Waals surface area (Å²) in [5.74, 6) is 0.785. The first kappa shape index (κ1) is 15.9. The average Bonchev–Trinajstić information content (AvgIpc) is 2.54. The van der Waals surface area contributed by atoms with E-state index in [-0.39, 0.29) is 6.03 Å². The molecule has 0 heterocycles. The number of ether oxygens (including phenoxy) is 1. The van der Waals surface area contributed by atoms with Gasteiger partial charge in [0.25, 0.3) is 0 Å². The number of hydrogen-bond acceptors (Lipinski definition) is 3. The second-order valence-electron chi connectivity index (χ2n) is 4.79. The van der Waals surface area contributed by atoms with Crippen LogP contribution in [-0.2, 0) is 11.4 Å². The number of carbonyl (C=O) groups excluding carboxylic acids is 1. The lowest BCUT2D eigenvalue weighted by Gasteiger charge is -2.09. The molecule has 0 fully saturated rings. The Balaban J connectivity index is 1.55. The maximum Gasteiger partial charge on any atom is 0.338 e. The van der Waals surface area contributed by atoms with Crippen molar-refractivity contribution in [3.63, 3.8) is 0 Å². The van der Waals surface area contributed by atoms with Gasteiger partial charge in [-0.05, 0) is 24.6 Å². The lowest BCUT2D eigenvalue weighted by Crippen LogP contribution is -2.37.